The Morgan fingerprint density at radius 1 is 0.518 bits per heavy atom. The summed E-state index contributed by atoms with van der Waals surface area (Å²) in [5.41, 5.74) is 13.5. The second kappa shape index (κ2) is 39.3. The maximum Gasteiger partial charge on any atom is 0.338 e. The molecular formula is C86H97F5N12O11. The monoisotopic (exact) mass is 1570 g/mol. The predicted octanol–water partition coefficient (Wildman–Crippen LogP) is 13.5. The molecule has 2 saturated carbocycles. The molecule has 4 fully saturated rings. The van der Waals surface area contributed by atoms with E-state index in [-0.39, 0.29) is 102 Å². The number of nitrogens with zero attached hydrogens (tertiary/aromatic N) is 4. The number of carboxylic acids is 1. The van der Waals surface area contributed by atoms with Gasteiger partial charge in [-0.1, -0.05) is 95.2 Å². The fourth-order valence-corrected chi connectivity index (χ4v) is 14.8. The third-order valence-electron chi connectivity index (χ3n) is 21.2. The average Bonchev–Trinajstić information content (AvgIpc) is 1.38. The Bertz CT molecular complexity index is 5000. The van der Waals surface area contributed by atoms with Crippen LogP contribution >= 0.6 is 0 Å². The van der Waals surface area contributed by atoms with Crippen LogP contribution in [-0.4, -0.2) is 143 Å². The van der Waals surface area contributed by atoms with E-state index >= 15 is 8.78 Å². The van der Waals surface area contributed by atoms with Gasteiger partial charge in [-0.25, -0.2) is 22.4 Å². The Kier molecular flexibility index (Phi) is 28.7. The predicted molar refractivity (Wildman–Crippen MR) is 424 cm³/mol. The number of aromatic carboxylic acids is 1. The highest BCUT2D eigenvalue weighted by atomic mass is 19.1. The molecule has 14 rings (SSSR count). The van der Waals surface area contributed by atoms with Gasteiger partial charge < -0.3 is 47.2 Å². The molecule has 0 radical (unpaired) electrons. The molecule has 10 N–H and O–H groups in total. The highest BCUT2D eigenvalue weighted by molar-refractivity contribution is 6.11. The van der Waals surface area contributed by atoms with E-state index in [2.05, 4.69) is 53.3 Å². The number of aryl methyl sites for hydroxylation is 2. The minimum absolute atomic E-state index is 0. The van der Waals surface area contributed by atoms with Crippen molar-refractivity contribution in [3.63, 3.8) is 0 Å². The smallest absolute Gasteiger partial charge is 0.338 e. The minimum atomic E-state index is -1.40. The zero-order valence-corrected chi connectivity index (χ0v) is 63.1. The normalized spacial score (nSPS) is 16.2. The highest BCUT2D eigenvalue weighted by Crippen LogP contribution is 2.38. The van der Waals surface area contributed by atoms with Crippen LogP contribution in [0.3, 0.4) is 0 Å². The van der Waals surface area contributed by atoms with Gasteiger partial charge in [0.25, 0.3) is 29.5 Å². The summed E-state index contributed by atoms with van der Waals surface area (Å²) in [5.74, 6) is -7.03. The van der Waals surface area contributed by atoms with E-state index in [1.165, 1.54) is 80.0 Å². The summed E-state index contributed by atoms with van der Waals surface area (Å²) in [6.45, 7) is 2.00. The standard InChI is InChI=1S/C42H44F2N6O5.C21H17F2N3O3.C21H29N3O3.CH3F.CH4/c1-45-38-30-20-29(34(44)21-35(30)47-22-31(38)40(53)48-26-13-14-26)25-12-15-28(33(43)19-25)39(52)46-18-7-5-3-2-4-6-9-24-10-8-11-27-32(24)23-50(42(27)55)36-16-17-37(51)49-41(36)54;1-24-19-14-7-13(10-2-5-12(21(28)29)16(22)6-10)17(23)8-18(14)25-9-15(19)20(27)26-11-3-4-11;22-13-6-4-2-1-3-5-8-15-9-7-10-16-17(15)14-24(21(16)27)18-11-12-19(25)23-20(18)26;1-2;/h8,10-12,15,19-22,26,36H,2-7,9,13-14,16-18,23H2,1H3,(H,45,47)(H,46,52)(H,48,53)(H,49,51,54);2,5-9,11H,3-4H2,1H3,(H,24,25)(H,26,27)(H,28,29);7,9-10,18H,1-6,8,11-14,22H2,(H,23,25,26);1H3;1H4/i;;;1D;. The molecule has 2 aliphatic carbocycles. The van der Waals surface area contributed by atoms with Gasteiger partial charge in [0.05, 0.1) is 53.2 Å². The van der Waals surface area contributed by atoms with Crippen molar-refractivity contribution in [1.82, 2.24) is 46.4 Å². The first kappa shape index (κ1) is 83.4. The van der Waals surface area contributed by atoms with Crippen LogP contribution in [0.15, 0.2) is 109 Å². The second-order valence-electron chi connectivity index (χ2n) is 29.0. The number of nitrogens with one attached hydrogen (secondary N) is 7. The summed E-state index contributed by atoms with van der Waals surface area (Å²) < 4.78 is 74.8. The lowest BCUT2D eigenvalue weighted by atomic mass is 9.98. The number of halogens is 5. The van der Waals surface area contributed by atoms with Crippen LogP contribution in [0, 0.1) is 23.3 Å². The number of pyridine rings is 2. The van der Waals surface area contributed by atoms with Crippen molar-refractivity contribution < 1.29 is 76.4 Å². The zero-order chi connectivity index (χ0) is 81.3. The van der Waals surface area contributed by atoms with Crippen molar-refractivity contribution in [3.8, 4) is 22.3 Å². The van der Waals surface area contributed by atoms with Crippen LogP contribution < -0.4 is 43.0 Å². The van der Waals surface area contributed by atoms with E-state index in [0.29, 0.717) is 87.9 Å². The number of nitrogens with two attached hydrogens (primary N) is 1. The molecule has 6 heterocycles. The lowest BCUT2D eigenvalue weighted by Crippen LogP contribution is -2.52. The summed E-state index contributed by atoms with van der Waals surface area (Å²) >= 11 is 0. The van der Waals surface area contributed by atoms with Crippen molar-refractivity contribution in [1.29, 1.82) is 0 Å². The second-order valence-corrected chi connectivity index (χ2v) is 29.0. The van der Waals surface area contributed by atoms with Crippen molar-refractivity contribution in [3.05, 3.63) is 188 Å². The van der Waals surface area contributed by atoms with Crippen LogP contribution in [-0.2, 0) is 45.1 Å². The van der Waals surface area contributed by atoms with Crippen LogP contribution in [0.5, 0.6) is 0 Å². The Hall–Kier alpha value is -11.6. The molecule has 602 valence electrons. The van der Waals surface area contributed by atoms with E-state index in [4.69, 9.17) is 12.2 Å². The molecular weight excluding hydrogens is 1470 g/mol. The van der Waals surface area contributed by atoms with E-state index in [1.807, 2.05) is 24.3 Å². The number of piperidine rings is 2. The molecule has 2 saturated heterocycles. The van der Waals surface area contributed by atoms with Gasteiger partial charge in [-0.05, 0) is 166 Å². The fraction of sp³-hybridized carbons (Fsp3) is 0.395. The lowest BCUT2D eigenvalue weighted by molar-refractivity contribution is -0.138. The van der Waals surface area contributed by atoms with Gasteiger partial charge >= 0.3 is 5.97 Å². The number of amides is 9. The number of carbonyl (C=O) groups is 10. The molecule has 4 aliphatic heterocycles. The molecule has 6 aromatic carbocycles. The molecule has 23 nitrogen and oxygen atoms in total. The first-order valence-electron chi connectivity index (χ1n) is 39.1. The van der Waals surface area contributed by atoms with Crippen molar-refractivity contribution in [2.75, 3.05) is 45.0 Å². The topological polar surface area (TPSA) is 333 Å². The molecule has 28 heteroatoms. The number of rotatable bonds is 29. The SMILES string of the molecule is C.CNc1c(C(=O)NC2CC2)cnc2cc(F)c(-c3ccc(C(=O)NCCCCCCCCc4cccc5c4CN(C4CCC(=O)NC4=O)C5=O)c(F)c3)cc12.CNc1c(C(=O)NC2CC2)cnc2cc(F)c(-c3ccc(C(=O)O)c(F)c3)cc12.NCCCCCCCCc1cccc2c1CN(C1CCC(=O)NC1=O)C2=O.[2H]CF. The number of imide groups is 2. The van der Waals surface area contributed by atoms with Crippen LogP contribution in [0.4, 0.5) is 33.3 Å². The zero-order valence-electron chi connectivity index (χ0n) is 64.1. The van der Waals surface area contributed by atoms with Gasteiger partial charge in [-0.2, -0.15) is 0 Å². The third kappa shape index (κ3) is 20.3. The number of aromatic nitrogens is 2. The summed E-state index contributed by atoms with van der Waals surface area (Å²) in [5, 5.41) is 29.3. The molecule has 2 atom stereocenters. The Labute approximate surface area is 659 Å². The molecule has 8 aromatic rings. The number of carbonyl (C=O) groups excluding carboxylic acids is 9. The summed E-state index contributed by atoms with van der Waals surface area (Å²) in [6, 6.07) is 23.6. The lowest BCUT2D eigenvalue weighted by Gasteiger charge is -2.29. The number of hydrogen-bond donors (Lipinski definition) is 9. The summed E-state index contributed by atoms with van der Waals surface area (Å²) in [7, 11) is 2.32. The number of anilines is 2. The first-order valence-corrected chi connectivity index (χ1v) is 38.4. The molecule has 0 spiro atoms. The molecule has 0 bridgehead atoms. The van der Waals surface area contributed by atoms with Crippen LogP contribution in [0.25, 0.3) is 44.1 Å². The van der Waals surface area contributed by atoms with Crippen molar-refractivity contribution in [2.45, 2.75) is 186 Å². The van der Waals surface area contributed by atoms with Gasteiger partial charge in [0.1, 0.15) is 35.4 Å². The van der Waals surface area contributed by atoms with E-state index in [9.17, 15) is 61.1 Å². The van der Waals surface area contributed by atoms with Crippen molar-refractivity contribution >= 4 is 92.3 Å². The molecule has 2 unspecified atom stereocenters. The molecule has 2 aromatic heterocycles. The van der Waals surface area contributed by atoms with Gasteiger partial charge in [0, 0.05) is 116 Å². The maximum absolute atomic E-state index is 15.3. The Morgan fingerprint density at radius 2 is 0.930 bits per heavy atom. The number of alkyl halides is 1. The first-order chi connectivity index (χ1) is 55.0. The quantitative estimate of drug-likeness (QED) is 0.0119. The Morgan fingerprint density at radius 3 is 1.32 bits per heavy atom. The number of hydrogen-bond acceptors (Lipinski definition) is 15. The van der Waals surface area contributed by atoms with Gasteiger partial charge in [0.2, 0.25) is 23.6 Å². The third-order valence-corrected chi connectivity index (χ3v) is 21.2. The molecule has 114 heavy (non-hydrogen) atoms. The minimum Gasteiger partial charge on any atom is -0.478 e. The van der Waals surface area contributed by atoms with E-state index in [0.717, 1.165) is 131 Å². The largest absolute Gasteiger partial charge is 0.478 e. The van der Waals surface area contributed by atoms with Crippen LogP contribution in [0.2, 0.25) is 0 Å². The van der Waals surface area contributed by atoms with Gasteiger partial charge in [0.15, 0.2) is 0 Å². The van der Waals surface area contributed by atoms with Gasteiger partial charge in [-0.3, -0.25) is 68.1 Å². The summed E-state index contributed by atoms with van der Waals surface area (Å²) in [6.07, 6.45) is 22.2. The summed E-state index contributed by atoms with van der Waals surface area (Å²) in [4.78, 5) is 134. The number of benzene rings is 6. The molecule has 9 amide bonds. The number of fused-ring (bicyclic) bond motifs is 4. The average molecular weight is 1570 g/mol. The number of carboxylic acid groups (broad SMARTS) is 1. The fourth-order valence-electron chi connectivity index (χ4n) is 14.8. The van der Waals surface area contributed by atoms with Crippen molar-refractivity contribution in [2.24, 2.45) is 5.73 Å². The Balaban J connectivity index is 0.000000196. The van der Waals surface area contributed by atoms with Gasteiger partial charge in [-0.15, -0.1) is 0 Å². The maximum atomic E-state index is 15.3. The number of unbranched alkanes of at least 4 members (excludes halogenated alkanes) is 10. The van der Waals surface area contributed by atoms with E-state index < -0.39 is 65.9 Å². The molecule has 6 aliphatic rings. The van der Waals surface area contributed by atoms with Crippen LogP contribution in [0.1, 0.15) is 222 Å². The highest BCUT2D eigenvalue weighted by Gasteiger charge is 2.42. The van der Waals surface area contributed by atoms with E-state index in [1.54, 1.807) is 36.0 Å².